The number of hydrogen-bond acceptors (Lipinski definition) is 5. The molecule has 0 fully saturated rings. The zero-order chi connectivity index (χ0) is 59.1. The Kier molecular flexibility index (Phi) is 10.6. The minimum Gasteiger partial charge on any atom is -0.305 e. The second kappa shape index (κ2) is 18.3. The van der Waals surface area contributed by atoms with Gasteiger partial charge in [-0.15, -0.1) is 22.7 Å². The Morgan fingerprint density at radius 2 is 0.750 bits per heavy atom. The predicted molar refractivity (Wildman–Crippen MR) is 373 cm³/mol. The number of rotatable bonds is 5. The summed E-state index contributed by atoms with van der Waals surface area (Å²) in [6, 6.07) is 76.8. The molecule has 0 spiro atoms. The summed E-state index contributed by atoms with van der Waals surface area (Å²) in [6.07, 6.45) is 7.88. The van der Waals surface area contributed by atoms with Gasteiger partial charge < -0.3 is 18.3 Å². The molecule has 418 valence electrons. The molecule has 18 aromatic rings. The molecule has 8 heterocycles. The molecule has 10 aromatic carbocycles. The van der Waals surface area contributed by atoms with E-state index in [1.807, 2.05) is 47.5 Å². The van der Waals surface area contributed by atoms with Crippen LogP contribution in [0.2, 0.25) is 0 Å². The Bertz CT molecular complexity index is 5680. The molecule has 88 heavy (non-hydrogen) atoms. The third kappa shape index (κ3) is 6.93. The van der Waals surface area contributed by atoms with Crippen molar-refractivity contribution in [2.45, 2.75) is 52.4 Å². The molecule has 18 rings (SSSR count). The number of pyridine rings is 2. The fourth-order valence-corrected chi connectivity index (χ4v) is 17.3. The summed E-state index contributed by atoms with van der Waals surface area (Å²) in [6.45, 7) is 14.0. The molecule has 0 atom stereocenters. The normalized spacial score (nSPS) is 12.6. The molecular formula is C79H55N7S2. The summed E-state index contributed by atoms with van der Waals surface area (Å²) in [5, 5.41) is 27.0. The van der Waals surface area contributed by atoms with Gasteiger partial charge in [0.1, 0.15) is 11.6 Å². The van der Waals surface area contributed by atoms with E-state index in [0.717, 1.165) is 130 Å². The summed E-state index contributed by atoms with van der Waals surface area (Å²) in [4.78, 5) is 10.0. The van der Waals surface area contributed by atoms with Crippen LogP contribution in [0.4, 0.5) is 0 Å². The van der Waals surface area contributed by atoms with Crippen LogP contribution in [0.1, 0.15) is 58.2 Å². The molecule has 8 aromatic heterocycles. The van der Waals surface area contributed by atoms with Crippen molar-refractivity contribution in [3.05, 3.63) is 242 Å². The van der Waals surface area contributed by atoms with E-state index in [-0.39, 0.29) is 5.41 Å². The quantitative estimate of drug-likeness (QED) is 0.172. The van der Waals surface area contributed by atoms with Crippen molar-refractivity contribution in [3.63, 3.8) is 0 Å². The number of para-hydroxylation sites is 4. The van der Waals surface area contributed by atoms with Crippen molar-refractivity contribution in [2.75, 3.05) is 0 Å². The van der Waals surface area contributed by atoms with Crippen LogP contribution in [0.15, 0.2) is 225 Å². The summed E-state index contributed by atoms with van der Waals surface area (Å²) >= 11 is 3.65. The van der Waals surface area contributed by atoms with Gasteiger partial charge in [0, 0.05) is 92.0 Å². The van der Waals surface area contributed by atoms with Crippen LogP contribution in [0.3, 0.4) is 0 Å². The third-order valence-electron chi connectivity index (χ3n) is 18.7. The molecule has 7 nitrogen and oxygen atoms in total. The highest BCUT2D eigenvalue weighted by Crippen LogP contribution is 2.55. The SMILES string of the molecule is CC(C)(C)c1ccc(-c2c(-n3c4ccccc4c4ccncc43)c(-n3c4ccccc4c4ccc5c6ccccc6sc5c43)c(C#N)c(-n3c4ccccc4c4ccc5c6ccccc6sc5c43)c2-n2c3ccccc3c3ccncc32)c(C(C)(C)C)c1. The van der Waals surface area contributed by atoms with Gasteiger partial charge in [0.15, 0.2) is 0 Å². The zero-order valence-corrected chi connectivity index (χ0v) is 50.9. The number of aromatic nitrogens is 6. The van der Waals surface area contributed by atoms with Crippen LogP contribution in [0, 0.1) is 11.3 Å². The number of nitriles is 1. The summed E-state index contributed by atoms with van der Waals surface area (Å²) < 4.78 is 14.7. The van der Waals surface area contributed by atoms with Gasteiger partial charge in [0.25, 0.3) is 0 Å². The van der Waals surface area contributed by atoms with E-state index in [1.54, 1.807) is 0 Å². The molecule has 0 unspecified atom stereocenters. The molecule has 0 saturated heterocycles. The molecule has 9 heteroatoms. The Morgan fingerprint density at radius 3 is 1.18 bits per heavy atom. The third-order valence-corrected chi connectivity index (χ3v) is 21.1. The van der Waals surface area contributed by atoms with Gasteiger partial charge in [0.2, 0.25) is 0 Å². The molecule has 0 aliphatic carbocycles. The predicted octanol–water partition coefficient (Wildman–Crippen LogP) is 21.7. The Balaban J connectivity index is 1.22. The summed E-state index contributed by atoms with van der Waals surface area (Å²) in [7, 11) is 0. The largest absolute Gasteiger partial charge is 0.305 e. The van der Waals surface area contributed by atoms with E-state index in [2.05, 4.69) is 266 Å². The van der Waals surface area contributed by atoms with Crippen LogP contribution >= 0.6 is 22.7 Å². The number of hydrogen-bond donors (Lipinski definition) is 0. The average Bonchev–Trinajstić information content (AvgIpc) is 1.40. The maximum Gasteiger partial charge on any atom is 0.104 e. The van der Waals surface area contributed by atoms with Crippen LogP contribution in [0.25, 0.3) is 161 Å². The molecule has 0 N–H and O–H groups in total. The van der Waals surface area contributed by atoms with E-state index in [9.17, 15) is 5.26 Å². The van der Waals surface area contributed by atoms with E-state index < -0.39 is 5.41 Å². The first-order valence-electron chi connectivity index (χ1n) is 30.1. The van der Waals surface area contributed by atoms with Gasteiger partial charge in [-0.05, 0) is 76.1 Å². The fraction of sp³-hybridized carbons (Fsp3) is 0.101. The lowest BCUT2D eigenvalue weighted by atomic mass is 9.76. The second-order valence-electron chi connectivity index (χ2n) is 25.6. The molecule has 0 aliphatic rings. The smallest absolute Gasteiger partial charge is 0.104 e. The first-order chi connectivity index (χ1) is 43.0. The fourth-order valence-electron chi connectivity index (χ4n) is 14.8. The van der Waals surface area contributed by atoms with E-state index in [1.165, 1.54) is 42.1 Å². The maximum atomic E-state index is 13.5. The van der Waals surface area contributed by atoms with E-state index >= 15 is 0 Å². The van der Waals surface area contributed by atoms with Crippen molar-refractivity contribution >= 4 is 150 Å². The van der Waals surface area contributed by atoms with Gasteiger partial charge >= 0.3 is 0 Å². The first kappa shape index (κ1) is 50.9. The first-order valence-corrected chi connectivity index (χ1v) is 31.7. The number of nitrogens with zero attached hydrogens (tertiary/aromatic N) is 7. The molecule has 0 bridgehead atoms. The van der Waals surface area contributed by atoms with Gasteiger partial charge in [-0.3, -0.25) is 9.97 Å². The molecule has 0 radical (unpaired) electrons. The van der Waals surface area contributed by atoms with E-state index in [0.29, 0.717) is 5.56 Å². The lowest BCUT2D eigenvalue weighted by Crippen LogP contribution is -2.20. The number of fused-ring (bicyclic) bond motifs is 20. The standard InChI is InChI=1S/C79H55N7S2/c1-78(2,3)45-31-32-58(60(41-45)79(4,5)6)69-74(83-61-25-13-7-19-46(61)50-37-39-81-43-65(50)83)70(85-63-27-15-9-21-48(63)54-33-35-56-52-23-11-17-29-67(52)87-76(56)72(54)85)59(42-80)71(75(69)84-62-26-14-8-20-47(62)51-38-40-82-44-66(51)84)86-64-28-16-10-22-49(64)55-34-36-57-53-24-12-18-30-68(53)88-77(57)73(55)86/h7-41,43-44H,1-6H3. The Labute approximate surface area is 514 Å². The lowest BCUT2D eigenvalue weighted by molar-refractivity contribution is 0.569. The number of benzene rings is 10. The highest BCUT2D eigenvalue weighted by molar-refractivity contribution is 7.27. The monoisotopic (exact) mass is 1170 g/mol. The molecular weight excluding hydrogens is 1110 g/mol. The van der Waals surface area contributed by atoms with Gasteiger partial charge in [0.05, 0.1) is 88.7 Å². The zero-order valence-electron chi connectivity index (χ0n) is 49.3. The maximum absolute atomic E-state index is 13.5. The van der Waals surface area contributed by atoms with Crippen LogP contribution in [-0.4, -0.2) is 28.2 Å². The van der Waals surface area contributed by atoms with Gasteiger partial charge in [-0.1, -0.05) is 193 Å². The van der Waals surface area contributed by atoms with Crippen molar-refractivity contribution < 1.29 is 0 Å². The van der Waals surface area contributed by atoms with Crippen molar-refractivity contribution in [1.29, 1.82) is 5.26 Å². The Morgan fingerprint density at radius 1 is 0.364 bits per heavy atom. The average molecular weight is 1170 g/mol. The van der Waals surface area contributed by atoms with Crippen molar-refractivity contribution in [2.24, 2.45) is 0 Å². The topological polar surface area (TPSA) is 69.3 Å². The van der Waals surface area contributed by atoms with Gasteiger partial charge in [-0.2, -0.15) is 5.26 Å². The summed E-state index contributed by atoms with van der Waals surface area (Å²) in [5.41, 5.74) is 15.6. The second-order valence-corrected chi connectivity index (χ2v) is 27.7. The minimum atomic E-state index is -0.406. The number of thiophene rings is 2. The lowest BCUT2D eigenvalue weighted by Gasteiger charge is -2.33. The Hall–Kier alpha value is -10.4. The van der Waals surface area contributed by atoms with Crippen LogP contribution in [-0.2, 0) is 10.8 Å². The molecule has 0 saturated carbocycles. The highest BCUT2D eigenvalue weighted by atomic mass is 32.1. The van der Waals surface area contributed by atoms with Crippen LogP contribution < -0.4 is 0 Å². The van der Waals surface area contributed by atoms with Crippen molar-refractivity contribution in [3.8, 4) is 39.9 Å². The van der Waals surface area contributed by atoms with E-state index in [4.69, 9.17) is 9.97 Å². The summed E-state index contributed by atoms with van der Waals surface area (Å²) in [5.74, 6) is 0. The minimum absolute atomic E-state index is 0.181. The molecule has 0 amide bonds. The highest BCUT2D eigenvalue weighted by Gasteiger charge is 2.38. The van der Waals surface area contributed by atoms with Gasteiger partial charge in [-0.25, -0.2) is 0 Å². The molecule has 0 aliphatic heterocycles. The van der Waals surface area contributed by atoms with Crippen molar-refractivity contribution in [1.82, 2.24) is 28.2 Å². The van der Waals surface area contributed by atoms with Crippen LogP contribution in [0.5, 0.6) is 0 Å².